The number of halogens is 1. The number of carbonyl (C=O) groups excluding carboxylic acids is 1. The molecule has 1 aromatic rings. The Morgan fingerprint density at radius 1 is 1.65 bits per heavy atom. The van der Waals surface area contributed by atoms with E-state index in [1.165, 1.54) is 6.26 Å². The molecule has 0 bridgehead atoms. The molecule has 92 valence electrons. The van der Waals surface area contributed by atoms with Crippen LogP contribution in [0, 0.1) is 17.2 Å². The lowest BCUT2D eigenvalue weighted by molar-refractivity contribution is 0.0739. The first-order valence-electron chi connectivity index (χ1n) is 5.45. The van der Waals surface area contributed by atoms with Crippen LogP contribution in [0.3, 0.4) is 0 Å². The van der Waals surface area contributed by atoms with Crippen LogP contribution in [0.1, 0.15) is 30.6 Å². The minimum absolute atomic E-state index is 0.0979. The van der Waals surface area contributed by atoms with Crippen molar-refractivity contribution in [3.05, 3.63) is 23.1 Å². The van der Waals surface area contributed by atoms with Crippen molar-refractivity contribution in [3.63, 3.8) is 0 Å². The highest BCUT2D eigenvalue weighted by Gasteiger charge is 2.20. The van der Waals surface area contributed by atoms with Crippen molar-refractivity contribution in [2.75, 3.05) is 13.1 Å². The standard InChI is InChI=1S/C12H15ClN2O2/c1-9(2)8-15(6-3-5-14)12(16)10-4-7-17-11(10)13/h4,7,9H,3,6,8H2,1-2H3. The van der Waals surface area contributed by atoms with Gasteiger partial charge in [-0.2, -0.15) is 5.26 Å². The molecular weight excluding hydrogens is 240 g/mol. The van der Waals surface area contributed by atoms with Gasteiger partial charge in [-0.1, -0.05) is 13.8 Å². The first kappa shape index (κ1) is 13.6. The molecule has 4 nitrogen and oxygen atoms in total. The van der Waals surface area contributed by atoms with Gasteiger partial charge in [-0.3, -0.25) is 4.79 Å². The van der Waals surface area contributed by atoms with Gasteiger partial charge < -0.3 is 9.32 Å². The summed E-state index contributed by atoms with van der Waals surface area (Å²) in [5, 5.41) is 8.68. The molecule has 0 aromatic carbocycles. The fraction of sp³-hybridized carbons (Fsp3) is 0.500. The summed E-state index contributed by atoms with van der Waals surface area (Å²) in [4.78, 5) is 13.8. The van der Waals surface area contributed by atoms with E-state index in [4.69, 9.17) is 21.3 Å². The normalized spacial score (nSPS) is 10.3. The minimum Gasteiger partial charge on any atom is -0.452 e. The number of rotatable bonds is 5. The third kappa shape index (κ3) is 3.79. The molecule has 5 heteroatoms. The Bertz CT molecular complexity index is 420. The van der Waals surface area contributed by atoms with Crippen molar-refractivity contribution in [2.45, 2.75) is 20.3 Å². The second-order valence-electron chi connectivity index (χ2n) is 4.16. The summed E-state index contributed by atoms with van der Waals surface area (Å²) in [5.41, 5.74) is 0.352. The SMILES string of the molecule is CC(C)CN(CCC#N)C(=O)c1ccoc1Cl. The fourth-order valence-corrected chi connectivity index (χ4v) is 1.71. The molecule has 0 radical (unpaired) electrons. The molecule has 0 unspecified atom stereocenters. The van der Waals surface area contributed by atoms with E-state index in [0.717, 1.165) is 0 Å². The molecule has 0 fully saturated rings. The van der Waals surface area contributed by atoms with Crippen LogP contribution in [0.4, 0.5) is 0 Å². The summed E-state index contributed by atoms with van der Waals surface area (Å²) in [7, 11) is 0. The molecule has 1 aromatic heterocycles. The first-order chi connectivity index (χ1) is 8.06. The van der Waals surface area contributed by atoms with Crippen LogP contribution >= 0.6 is 11.6 Å². The van der Waals surface area contributed by atoms with Gasteiger partial charge >= 0.3 is 0 Å². The number of nitriles is 1. The first-order valence-corrected chi connectivity index (χ1v) is 5.83. The van der Waals surface area contributed by atoms with Gasteiger partial charge in [-0.25, -0.2) is 0 Å². The molecule has 0 saturated carbocycles. The molecule has 0 aliphatic heterocycles. The second-order valence-corrected chi connectivity index (χ2v) is 4.50. The molecule has 0 aliphatic rings. The van der Waals surface area contributed by atoms with Gasteiger partial charge in [0.2, 0.25) is 5.22 Å². The predicted molar refractivity (Wildman–Crippen MR) is 64.7 cm³/mol. The van der Waals surface area contributed by atoms with Crippen molar-refractivity contribution >= 4 is 17.5 Å². The lowest BCUT2D eigenvalue weighted by Crippen LogP contribution is -2.34. The van der Waals surface area contributed by atoms with E-state index < -0.39 is 0 Å². The average Bonchev–Trinajstić information content (AvgIpc) is 2.69. The maximum Gasteiger partial charge on any atom is 0.258 e. The Labute approximate surface area is 106 Å². The average molecular weight is 255 g/mol. The van der Waals surface area contributed by atoms with Crippen LogP contribution in [-0.4, -0.2) is 23.9 Å². The van der Waals surface area contributed by atoms with Crippen molar-refractivity contribution in [1.29, 1.82) is 5.26 Å². The van der Waals surface area contributed by atoms with Gasteiger partial charge in [-0.05, 0) is 23.6 Å². The van der Waals surface area contributed by atoms with Crippen molar-refractivity contribution in [2.24, 2.45) is 5.92 Å². The van der Waals surface area contributed by atoms with E-state index in [-0.39, 0.29) is 11.1 Å². The number of furan rings is 1. The summed E-state index contributed by atoms with van der Waals surface area (Å²) in [6, 6.07) is 3.58. The monoisotopic (exact) mass is 254 g/mol. The molecule has 1 amide bonds. The van der Waals surface area contributed by atoms with E-state index >= 15 is 0 Å². The maximum atomic E-state index is 12.1. The zero-order chi connectivity index (χ0) is 12.8. The quantitative estimate of drug-likeness (QED) is 0.812. The number of hydrogen-bond donors (Lipinski definition) is 0. The Balaban J connectivity index is 2.79. The second kappa shape index (κ2) is 6.31. The molecule has 1 heterocycles. The smallest absolute Gasteiger partial charge is 0.258 e. The summed E-state index contributed by atoms with van der Waals surface area (Å²) >= 11 is 5.77. The zero-order valence-electron chi connectivity index (χ0n) is 9.94. The molecule has 0 spiro atoms. The maximum absolute atomic E-state index is 12.1. The molecule has 1 rings (SSSR count). The van der Waals surface area contributed by atoms with E-state index in [1.807, 2.05) is 19.9 Å². The van der Waals surface area contributed by atoms with Crippen LogP contribution in [0.2, 0.25) is 5.22 Å². The Morgan fingerprint density at radius 3 is 2.82 bits per heavy atom. The Morgan fingerprint density at radius 2 is 2.35 bits per heavy atom. The summed E-state index contributed by atoms with van der Waals surface area (Å²) in [6.45, 7) is 5.05. The zero-order valence-corrected chi connectivity index (χ0v) is 10.7. The van der Waals surface area contributed by atoms with Gasteiger partial charge in [0, 0.05) is 13.1 Å². The predicted octanol–water partition coefficient (Wildman–Crippen LogP) is 2.94. The van der Waals surface area contributed by atoms with Crippen LogP contribution in [0.25, 0.3) is 0 Å². The van der Waals surface area contributed by atoms with Crippen molar-refractivity contribution in [3.8, 4) is 6.07 Å². The molecule has 17 heavy (non-hydrogen) atoms. The third-order valence-corrected chi connectivity index (χ3v) is 2.51. The largest absolute Gasteiger partial charge is 0.452 e. The van der Waals surface area contributed by atoms with E-state index in [0.29, 0.717) is 31.0 Å². The molecule has 0 saturated heterocycles. The van der Waals surface area contributed by atoms with E-state index in [9.17, 15) is 4.79 Å². The fourth-order valence-electron chi connectivity index (χ4n) is 1.52. The number of amides is 1. The van der Waals surface area contributed by atoms with Crippen LogP contribution in [0.5, 0.6) is 0 Å². The van der Waals surface area contributed by atoms with E-state index in [1.54, 1.807) is 11.0 Å². The highest BCUT2D eigenvalue weighted by atomic mass is 35.5. The van der Waals surface area contributed by atoms with Gasteiger partial charge in [-0.15, -0.1) is 0 Å². The topological polar surface area (TPSA) is 57.2 Å². The summed E-state index contributed by atoms with van der Waals surface area (Å²) in [6.07, 6.45) is 1.70. The lowest BCUT2D eigenvalue weighted by Gasteiger charge is -2.23. The molecule has 0 atom stereocenters. The van der Waals surface area contributed by atoms with Crippen LogP contribution < -0.4 is 0 Å². The number of hydrogen-bond acceptors (Lipinski definition) is 3. The van der Waals surface area contributed by atoms with Crippen LogP contribution in [0.15, 0.2) is 16.7 Å². The van der Waals surface area contributed by atoms with Gasteiger partial charge in [0.1, 0.15) is 0 Å². The number of carbonyl (C=O) groups is 1. The van der Waals surface area contributed by atoms with Crippen molar-refractivity contribution < 1.29 is 9.21 Å². The Kier molecular flexibility index (Phi) is 5.05. The highest BCUT2D eigenvalue weighted by Crippen LogP contribution is 2.19. The van der Waals surface area contributed by atoms with Gasteiger partial charge in [0.25, 0.3) is 5.91 Å². The minimum atomic E-state index is -0.187. The van der Waals surface area contributed by atoms with Gasteiger partial charge in [0.05, 0.1) is 24.3 Å². The molecular formula is C12H15ClN2O2. The molecule has 0 N–H and O–H groups in total. The highest BCUT2D eigenvalue weighted by molar-refractivity contribution is 6.32. The molecule has 0 aliphatic carbocycles. The summed E-state index contributed by atoms with van der Waals surface area (Å²) < 4.78 is 4.90. The van der Waals surface area contributed by atoms with Gasteiger partial charge in [0.15, 0.2) is 0 Å². The Hall–Kier alpha value is -1.47. The lowest BCUT2D eigenvalue weighted by atomic mass is 10.2. The third-order valence-electron chi connectivity index (χ3n) is 2.21. The van der Waals surface area contributed by atoms with Crippen LogP contribution in [-0.2, 0) is 0 Å². The number of nitrogens with zero attached hydrogens (tertiary/aromatic N) is 2. The summed E-state index contributed by atoms with van der Waals surface area (Å²) in [5.74, 6) is 0.149. The van der Waals surface area contributed by atoms with Crippen molar-refractivity contribution in [1.82, 2.24) is 4.90 Å². The van der Waals surface area contributed by atoms with E-state index in [2.05, 4.69) is 0 Å².